The smallest absolute Gasteiger partial charge is 0.260 e. The fraction of sp³-hybridized carbons (Fsp3) is 0.435. The van der Waals surface area contributed by atoms with E-state index in [1.807, 2.05) is 35.2 Å². The Bertz CT molecular complexity index is 853. The summed E-state index contributed by atoms with van der Waals surface area (Å²) >= 11 is 1.76. The average molecular weight is 381 g/mol. The fourth-order valence-corrected chi connectivity index (χ4v) is 5.23. The molecule has 2 aliphatic rings. The van der Waals surface area contributed by atoms with Gasteiger partial charge in [-0.1, -0.05) is 29.8 Å². The molecule has 4 rings (SSSR count). The quantitative estimate of drug-likeness (QED) is 0.638. The predicted molar refractivity (Wildman–Crippen MR) is 113 cm³/mol. The second kappa shape index (κ2) is 7.99. The molecule has 0 unspecified atom stereocenters. The van der Waals surface area contributed by atoms with E-state index in [0.29, 0.717) is 6.67 Å². The van der Waals surface area contributed by atoms with Gasteiger partial charge in [0, 0.05) is 29.1 Å². The van der Waals surface area contributed by atoms with Crippen LogP contribution in [0.1, 0.15) is 58.5 Å². The number of anilines is 1. The number of carbonyl (C=O) groups is 1. The normalized spacial score (nSPS) is 17.6. The summed E-state index contributed by atoms with van der Waals surface area (Å²) in [7, 11) is 0. The number of carbonyl (C=O) groups excluding carboxylic acids is 1. The van der Waals surface area contributed by atoms with Crippen LogP contribution in [0.2, 0.25) is 0 Å². The number of rotatable bonds is 4. The van der Waals surface area contributed by atoms with Gasteiger partial charge in [-0.2, -0.15) is 0 Å². The first-order valence-electron chi connectivity index (χ1n) is 9.99. The first-order valence-corrected chi connectivity index (χ1v) is 10.8. The van der Waals surface area contributed by atoms with Crippen LogP contribution in [-0.4, -0.2) is 24.0 Å². The molecule has 0 saturated heterocycles. The molecule has 1 aliphatic heterocycles. The first-order chi connectivity index (χ1) is 13.1. The van der Waals surface area contributed by atoms with Crippen LogP contribution in [0.3, 0.4) is 0 Å². The van der Waals surface area contributed by atoms with E-state index in [2.05, 4.69) is 24.8 Å². The van der Waals surface area contributed by atoms with Gasteiger partial charge < -0.3 is 0 Å². The molecule has 0 fully saturated rings. The minimum Gasteiger partial charge on any atom is -0.286 e. The predicted octanol–water partition coefficient (Wildman–Crippen LogP) is 5.68. The van der Waals surface area contributed by atoms with Crippen molar-refractivity contribution in [1.29, 1.82) is 0 Å². The van der Waals surface area contributed by atoms with E-state index >= 15 is 0 Å². The summed E-state index contributed by atoms with van der Waals surface area (Å²) in [6, 6.07) is 9.68. The second-order valence-corrected chi connectivity index (χ2v) is 8.92. The van der Waals surface area contributed by atoms with Gasteiger partial charge in [-0.05, 0) is 63.6 Å². The Hall–Kier alpha value is -1.91. The van der Waals surface area contributed by atoms with Gasteiger partial charge in [0.1, 0.15) is 5.00 Å². The highest BCUT2D eigenvalue weighted by Gasteiger charge is 2.31. The number of allylic oxidation sites excluding steroid dienone is 1. The monoisotopic (exact) mass is 380 g/mol. The number of hydrogen-bond acceptors (Lipinski definition) is 3. The van der Waals surface area contributed by atoms with Crippen molar-refractivity contribution >= 4 is 22.2 Å². The molecule has 0 radical (unpaired) electrons. The summed E-state index contributed by atoms with van der Waals surface area (Å²) in [6.45, 7) is 7.03. The largest absolute Gasteiger partial charge is 0.286 e. The maximum absolute atomic E-state index is 13.2. The Morgan fingerprint density at radius 1 is 1.15 bits per heavy atom. The highest BCUT2D eigenvalue weighted by atomic mass is 32.1. The number of fused-ring (bicyclic) bond motifs is 1. The van der Waals surface area contributed by atoms with Gasteiger partial charge in [0.2, 0.25) is 0 Å². The van der Waals surface area contributed by atoms with Crippen LogP contribution >= 0.6 is 11.3 Å². The average Bonchev–Trinajstić information content (AvgIpc) is 3.01. The van der Waals surface area contributed by atoms with Gasteiger partial charge in [-0.25, -0.2) is 0 Å². The van der Waals surface area contributed by atoms with E-state index in [1.165, 1.54) is 41.7 Å². The summed E-state index contributed by atoms with van der Waals surface area (Å²) in [6.07, 6.45) is 8.72. The van der Waals surface area contributed by atoms with Crippen molar-refractivity contribution in [2.45, 2.75) is 52.5 Å². The molecule has 4 heteroatoms. The van der Waals surface area contributed by atoms with Crippen LogP contribution in [0, 0.1) is 13.8 Å². The van der Waals surface area contributed by atoms with Gasteiger partial charge in [-0.3, -0.25) is 14.6 Å². The molecule has 0 N–H and O–H groups in total. The lowest BCUT2D eigenvalue weighted by Gasteiger charge is -2.36. The lowest BCUT2D eigenvalue weighted by Crippen LogP contribution is -2.45. The SMILES string of the molecule is Cc1sc2c(c1C)CN(CCC1=CCCCC1)CN2C(=O)c1ccccc1. The van der Waals surface area contributed by atoms with Crippen molar-refractivity contribution in [3.05, 3.63) is 63.5 Å². The third-order valence-corrected chi connectivity index (χ3v) is 7.13. The number of aryl methyl sites for hydroxylation is 1. The molecule has 0 spiro atoms. The molecule has 27 heavy (non-hydrogen) atoms. The standard InChI is InChI=1S/C23H28N2OS/c1-17-18(2)27-23-21(17)15-24(14-13-19-9-5-3-6-10-19)16-25(23)22(26)20-11-7-4-8-12-20/h4,7-9,11-12H,3,5-6,10,13-16H2,1-2H3. The van der Waals surface area contributed by atoms with Crippen LogP contribution in [0.25, 0.3) is 0 Å². The van der Waals surface area contributed by atoms with E-state index in [0.717, 1.165) is 30.1 Å². The van der Waals surface area contributed by atoms with E-state index in [9.17, 15) is 4.79 Å². The van der Waals surface area contributed by atoms with E-state index in [-0.39, 0.29) is 5.91 Å². The Kier molecular flexibility index (Phi) is 5.46. The molecule has 1 aromatic carbocycles. The number of thiophene rings is 1. The molecule has 0 saturated carbocycles. The summed E-state index contributed by atoms with van der Waals surface area (Å²) < 4.78 is 0. The molecule has 1 aliphatic carbocycles. The van der Waals surface area contributed by atoms with Crippen LogP contribution in [0.4, 0.5) is 5.00 Å². The van der Waals surface area contributed by atoms with Gasteiger partial charge in [0.15, 0.2) is 0 Å². The Labute approximate surface area is 166 Å². The highest BCUT2D eigenvalue weighted by molar-refractivity contribution is 7.16. The molecule has 2 heterocycles. The molecule has 3 nitrogen and oxygen atoms in total. The van der Waals surface area contributed by atoms with Gasteiger partial charge >= 0.3 is 0 Å². The molecule has 0 atom stereocenters. The van der Waals surface area contributed by atoms with Crippen molar-refractivity contribution in [3.63, 3.8) is 0 Å². The van der Waals surface area contributed by atoms with Gasteiger partial charge in [-0.15, -0.1) is 11.3 Å². The molecule has 1 aromatic heterocycles. The zero-order valence-electron chi connectivity index (χ0n) is 16.3. The zero-order chi connectivity index (χ0) is 18.8. The minimum absolute atomic E-state index is 0.111. The third-order valence-electron chi connectivity index (χ3n) is 5.86. The maximum atomic E-state index is 13.2. The lowest BCUT2D eigenvalue weighted by atomic mass is 9.97. The Morgan fingerprint density at radius 3 is 2.70 bits per heavy atom. The topological polar surface area (TPSA) is 23.6 Å². The van der Waals surface area contributed by atoms with Crippen molar-refractivity contribution in [2.75, 3.05) is 18.1 Å². The van der Waals surface area contributed by atoms with Crippen molar-refractivity contribution in [3.8, 4) is 0 Å². The first kappa shape index (κ1) is 18.5. The molecule has 0 bridgehead atoms. The van der Waals surface area contributed by atoms with Crippen LogP contribution in [0.15, 0.2) is 42.0 Å². The minimum atomic E-state index is 0.111. The molecule has 142 valence electrons. The second-order valence-electron chi connectivity index (χ2n) is 7.72. The molecular weight excluding hydrogens is 352 g/mol. The van der Waals surface area contributed by atoms with E-state index in [4.69, 9.17) is 0 Å². The summed E-state index contributed by atoms with van der Waals surface area (Å²) in [4.78, 5) is 19.0. The highest BCUT2D eigenvalue weighted by Crippen LogP contribution is 2.40. The summed E-state index contributed by atoms with van der Waals surface area (Å²) in [5.74, 6) is 0.111. The van der Waals surface area contributed by atoms with Gasteiger partial charge in [0.25, 0.3) is 5.91 Å². The molecule has 2 aromatic rings. The number of nitrogens with zero attached hydrogens (tertiary/aromatic N) is 2. The van der Waals surface area contributed by atoms with Crippen LogP contribution in [-0.2, 0) is 6.54 Å². The van der Waals surface area contributed by atoms with E-state index in [1.54, 1.807) is 16.9 Å². The summed E-state index contributed by atoms with van der Waals surface area (Å²) in [5.41, 5.74) is 5.06. The lowest BCUT2D eigenvalue weighted by molar-refractivity contribution is 0.0960. The Balaban J connectivity index is 1.57. The van der Waals surface area contributed by atoms with Crippen molar-refractivity contribution in [2.24, 2.45) is 0 Å². The maximum Gasteiger partial charge on any atom is 0.260 e. The number of hydrogen-bond donors (Lipinski definition) is 0. The van der Waals surface area contributed by atoms with Crippen LogP contribution in [0.5, 0.6) is 0 Å². The van der Waals surface area contributed by atoms with Crippen molar-refractivity contribution in [1.82, 2.24) is 4.90 Å². The van der Waals surface area contributed by atoms with Crippen LogP contribution < -0.4 is 4.90 Å². The fourth-order valence-electron chi connectivity index (χ4n) is 4.07. The Morgan fingerprint density at radius 2 is 1.96 bits per heavy atom. The van der Waals surface area contributed by atoms with Crippen molar-refractivity contribution < 1.29 is 4.79 Å². The molecular formula is C23H28N2OS. The zero-order valence-corrected chi connectivity index (χ0v) is 17.1. The third kappa shape index (κ3) is 3.87. The summed E-state index contributed by atoms with van der Waals surface area (Å²) in [5, 5.41) is 1.15. The number of benzene rings is 1. The van der Waals surface area contributed by atoms with E-state index < -0.39 is 0 Å². The molecule has 1 amide bonds. The number of amides is 1. The van der Waals surface area contributed by atoms with Gasteiger partial charge in [0.05, 0.1) is 6.67 Å².